The Balaban J connectivity index is 1.52. The molecular weight excluding hydrogens is 406 g/mol. The molecule has 27 heavy (non-hydrogen) atoms. The molecule has 0 saturated carbocycles. The molecule has 6 heteroatoms. The van der Waals surface area contributed by atoms with Crippen LogP contribution in [0.2, 0.25) is 0 Å². The smallest absolute Gasteiger partial charge is 0.255 e. The fourth-order valence-electron chi connectivity index (χ4n) is 3.34. The van der Waals surface area contributed by atoms with E-state index in [1.807, 2.05) is 48.0 Å². The average molecular weight is 426 g/mol. The zero-order chi connectivity index (χ0) is 18.8. The molecule has 1 aliphatic rings. The van der Waals surface area contributed by atoms with E-state index in [-0.39, 0.29) is 11.9 Å². The van der Waals surface area contributed by atoms with E-state index in [2.05, 4.69) is 38.5 Å². The third kappa shape index (κ3) is 3.76. The third-order valence-electron chi connectivity index (χ3n) is 4.84. The highest BCUT2D eigenvalue weighted by Crippen LogP contribution is 2.34. The second-order valence-corrected chi connectivity index (χ2v) is 7.55. The first-order chi connectivity index (χ1) is 13.1. The standard InChI is InChI=1S/C21H20BrN3O2/c1-14-18(12-23-25(14)13-15-5-3-2-4-6-15)21(26)24-19-9-10-27-20-8-7-16(22)11-17(19)20/h2-8,11-12,19H,9-10,13H2,1H3,(H,24,26). The molecule has 0 radical (unpaired) electrons. The van der Waals surface area contributed by atoms with Crippen LogP contribution in [0.1, 0.15) is 39.6 Å². The molecule has 1 amide bonds. The SMILES string of the molecule is Cc1c(C(=O)NC2CCOc3ccc(Br)cc32)cnn1Cc1ccccc1. The van der Waals surface area contributed by atoms with E-state index in [9.17, 15) is 4.79 Å². The number of hydrogen-bond donors (Lipinski definition) is 1. The summed E-state index contributed by atoms with van der Waals surface area (Å²) in [6.07, 6.45) is 2.39. The van der Waals surface area contributed by atoms with E-state index < -0.39 is 0 Å². The number of carbonyl (C=O) groups excluding carboxylic acids is 1. The van der Waals surface area contributed by atoms with Gasteiger partial charge < -0.3 is 10.1 Å². The Hall–Kier alpha value is -2.60. The molecule has 5 nitrogen and oxygen atoms in total. The molecule has 1 atom stereocenters. The van der Waals surface area contributed by atoms with Gasteiger partial charge in [0.1, 0.15) is 5.75 Å². The fraction of sp³-hybridized carbons (Fsp3) is 0.238. The van der Waals surface area contributed by atoms with Gasteiger partial charge in [-0.25, -0.2) is 0 Å². The summed E-state index contributed by atoms with van der Waals surface area (Å²) >= 11 is 3.49. The van der Waals surface area contributed by atoms with Gasteiger partial charge in [-0.2, -0.15) is 5.10 Å². The summed E-state index contributed by atoms with van der Waals surface area (Å²) in [5.74, 6) is 0.718. The maximum absolute atomic E-state index is 12.9. The van der Waals surface area contributed by atoms with Crippen molar-refractivity contribution in [3.05, 3.63) is 81.6 Å². The van der Waals surface area contributed by atoms with Gasteiger partial charge in [0.2, 0.25) is 0 Å². The molecular formula is C21H20BrN3O2. The second kappa shape index (κ2) is 7.56. The maximum atomic E-state index is 12.9. The van der Waals surface area contributed by atoms with E-state index in [1.54, 1.807) is 6.20 Å². The zero-order valence-electron chi connectivity index (χ0n) is 15.0. The van der Waals surface area contributed by atoms with Gasteiger partial charge in [0.15, 0.2) is 0 Å². The number of hydrogen-bond acceptors (Lipinski definition) is 3. The number of fused-ring (bicyclic) bond motifs is 1. The predicted molar refractivity (Wildman–Crippen MR) is 107 cm³/mol. The minimum Gasteiger partial charge on any atom is -0.493 e. The number of aromatic nitrogens is 2. The fourth-order valence-corrected chi connectivity index (χ4v) is 3.72. The van der Waals surface area contributed by atoms with E-state index >= 15 is 0 Å². The highest BCUT2D eigenvalue weighted by atomic mass is 79.9. The van der Waals surface area contributed by atoms with E-state index in [1.165, 1.54) is 0 Å². The van der Waals surface area contributed by atoms with Crippen LogP contribution in [0.15, 0.2) is 59.2 Å². The Bertz CT molecular complexity index is 969. The Morgan fingerprint density at radius 2 is 2.11 bits per heavy atom. The Kier molecular flexibility index (Phi) is 4.99. The van der Waals surface area contributed by atoms with Crippen molar-refractivity contribution in [1.29, 1.82) is 0 Å². The van der Waals surface area contributed by atoms with Crippen LogP contribution < -0.4 is 10.1 Å². The maximum Gasteiger partial charge on any atom is 0.255 e. The summed E-state index contributed by atoms with van der Waals surface area (Å²) < 4.78 is 8.53. The molecule has 0 saturated heterocycles. The van der Waals surface area contributed by atoms with Crippen LogP contribution in [0, 0.1) is 6.92 Å². The molecule has 3 aromatic rings. The minimum absolute atomic E-state index is 0.0735. The number of rotatable bonds is 4. The van der Waals surface area contributed by atoms with Crippen molar-refractivity contribution < 1.29 is 9.53 Å². The molecule has 0 fully saturated rings. The largest absolute Gasteiger partial charge is 0.493 e. The van der Waals surface area contributed by atoms with Crippen LogP contribution in [0.25, 0.3) is 0 Å². The summed E-state index contributed by atoms with van der Waals surface area (Å²) in [5, 5.41) is 7.55. The van der Waals surface area contributed by atoms with Gasteiger partial charge in [-0.1, -0.05) is 46.3 Å². The predicted octanol–water partition coefficient (Wildman–Crippen LogP) is 4.26. The third-order valence-corrected chi connectivity index (χ3v) is 5.33. The number of carbonyl (C=O) groups is 1. The molecule has 1 aliphatic heterocycles. The zero-order valence-corrected chi connectivity index (χ0v) is 16.6. The molecule has 1 unspecified atom stereocenters. The van der Waals surface area contributed by atoms with Gasteiger partial charge in [0.05, 0.1) is 31.0 Å². The summed E-state index contributed by atoms with van der Waals surface area (Å²) in [6, 6.07) is 15.9. The van der Waals surface area contributed by atoms with E-state index in [0.717, 1.165) is 33.5 Å². The van der Waals surface area contributed by atoms with Crippen molar-refractivity contribution in [2.24, 2.45) is 0 Å². The number of ether oxygens (including phenoxy) is 1. The van der Waals surface area contributed by atoms with Crippen molar-refractivity contribution in [1.82, 2.24) is 15.1 Å². The lowest BCUT2D eigenvalue weighted by atomic mass is 10.00. The summed E-state index contributed by atoms with van der Waals surface area (Å²) in [7, 11) is 0. The van der Waals surface area contributed by atoms with Crippen LogP contribution in [0.5, 0.6) is 5.75 Å². The van der Waals surface area contributed by atoms with Crippen molar-refractivity contribution in [2.75, 3.05) is 6.61 Å². The van der Waals surface area contributed by atoms with Crippen LogP contribution in [0.4, 0.5) is 0 Å². The molecule has 0 spiro atoms. The monoisotopic (exact) mass is 425 g/mol. The van der Waals surface area contributed by atoms with Gasteiger partial charge in [-0.3, -0.25) is 9.48 Å². The van der Waals surface area contributed by atoms with Crippen molar-refractivity contribution >= 4 is 21.8 Å². The second-order valence-electron chi connectivity index (χ2n) is 6.63. The van der Waals surface area contributed by atoms with Crippen molar-refractivity contribution in [3.8, 4) is 5.75 Å². The highest BCUT2D eigenvalue weighted by Gasteiger charge is 2.25. The van der Waals surface area contributed by atoms with Gasteiger partial charge in [-0.15, -0.1) is 0 Å². The molecule has 2 aromatic carbocycles. The van der Waals surface area contributed by atoms with Crippen LogP contribution in [-0.2, 0) is 6.54 Å². The molecule has 1 N–H and O–H groups in total. The number of halogens is 1. The molecule has 0 bridgehead atoms. The number of benzene rings is 2. The Morgan fingerprint density at radius 1 is 1.30 bits per heavy atom. The normalized spacial score (nSPS) is 15.7. The highest BCUT2D eigenvalue weighted by molar-refractivity contribution is 9.10. The van der Waals surface area contributed by atoms with Crippen LogP contribution in [-0.4, -0.2) is 22.3 Å². The number of nitrogens with zero attached hydrogens (tertiary/aromatic N) is 2. The summed E-state index contributed by atoms with van der Waals surface area (Å²) in [6.45, 7) is 3.16. The molecule has 2 heterocycles. The van der Waals surface area contributed by atoms with Crippen LogP contribution in [0.3, 0.4) is 0 Å². The van der Waals surface area contributed by atoms with Crippen LogP contribution >= 0.6 is 15.9 Å². The van der Waals surface area contributed by atoms with E-state index in [4.69, 9.17) is 4.74 Å². The van der Waals surface area contributed by atoms with E-state index in [0.29, 0.717) is 18.7 Å². The summed E-state index contributed by atoms with van der Waals surface area (Å²) in [4.78, 5) is 12.9. The summed E-state index contributed by atoms with van der Waals surface area (Å²) in [5.41, 5.74) is 3.61. The first-order valence-electron chi connectivity index (χ1n) is 8.91. The minimum atomic E-state index is -0.107. The van der Waals surface area contributed by atoms with Gasteiger partial charge in [-0.05, 0) is 30.7 Å². The number of amides is 1. The quantitative estimate of drug-likeness (QED) is 0.679. The lowest BCUT2D eigenvalue weighted by molar-refractivity contribution is 0.0924. The Morgan fingerprint density at radius 3 is 2.93 bits per heavy atom. The van der Waals surface area contributed by atoms with Gasteiger partial charge >= 0.3 is 0 Å². The van der Waals surface area contributed by atoms with Gasteiger partial charge in [0.25, 0.3) is 5.91 Å². The Labute approximate surface area is 166 Å². The first kappa shape index (κ1) is 17.8. The average Bonchev–Trinajstić information content (AvgIpc) is 3.03. The molecule has 138 valence electrons. The van der Waals surface area contributed by atoms with Crippen molar-refractivity contribution in [3.63, 3.8) is 0 Å². The lowest BCUT2D eigenvalue weighted by Gasteiger charge is -2.27. The lowest BCUT2D eigenvalue weighted by Crippen LogP contribution is -2.32. The van der Waals surface area contributed by atoms with Crippen molar-refractivity contribution in [2.45, 2.75) is 25.9 Å². The van der Waals surface area contributed by atoms with Gasteiger partial charge in [0, 0.05) is 22.2 Å². The molecule has 0 aliphatic carbocycles. The molecule has 1 aromatic heterocycles. The topological polar surface area (TPSA) is 56.1 Å². The molecule has 4 rings (SSSR count). The number of nitrogens with one attached hydrogen (secondary N) is 1. The first-order valence-corrected chi connectivity index (χ1v) is 9.70.